The maximum atomic E-state index is 12.4. The Labute approximate surface area is 160 Å². The molecular formula is C17H19N3O4S2. The number of hydrogen-bond donors (Lipinski definition) is 1. The zero-order valence-electron chi connectivity index (χ0n) is 14.1. The Morgan fingerprint density at radius 1 is 1.42 bits per heavy atom. The van der Waals surface area contributed by atoms with Crippen molar-refractivity contribution in [1.29, 1.82) is 0 Å². The van der Waals surface area contributed by atoms with Crippen molar-refractivity contribution >= 4 is 52.1 Å². The summed E-state index contributed by atoms with van der Waals surface area (Å²) in [7, 11) is 0. The van der Waals surface area contributed by atoms with E-state index in [1.807, 2.05) is 4.90 Å². The minimum atomic E-state index is -0.297. The van der Waals surface area contributed by atoms with Crippen molar-refractivity contribution in [2.75, 3.05) is 26.2 Å². The van der Waals surface area contributed by atoms with Crippen LogP contribution in [-0.4, -0.2) is 58.0 Å². The third-order valence-corrected chi connectivity index (χ3v) is 5.47. The first kappa shape index (κ1) is 18.7. The van der Waals surface area contributed by atoms with Gasteiger partial charge in [0.25, 0.3) is 5.91 Å². The molecule has 0 spiro atoms. The fourth-order valence-corrected chi connectivity index (χ4v) is 4.01. The van der Waals surface area contributed by atoms with Gasteiger partial charge in [-0.25, -0.2) is 0 Å². The van der Waals surface area contributed by atoms with Gasteiger partial charge in [0, 0.05) is 32.1 Å². The molecule has 0 atom stereocenters. The molecule has 0 aromatic carbocycles. The van der Waals surface area contributed by atoms with Crippen LogP contribution in [0.2, 0.25) is 0 Å². The summed E-state index contributed by atoms with van der Waals surface area (Å²) in [5.41, 5.74) is 0. The number of rotatable bonds is 7. The van der Waals surface area contributed by atoms with E-state index in [2.05, 4.69) is 5.32 Å². The van der Waals surface area contributed by atoms with E-state index >= 15 is 0 Å². The first-order valence-electron chi connectivity index (χ1n) is 8.38. The van der Waals surface area contributed by atoms with Gasteiger partial charge < -0.3 is 14.6 Å². The molecule has 0 unspecified atom stereocenters. The average molecular weight is 393 g/mol. The lowest BCUT2D eigenvalue weighted by atomic mass is 10.3. The van der Waals surface area contributed by atoms with Crippen molar-refractivity contribution in [1.82, 2.24) is 15.1 Å². The van der Waals surface area contributed by atoms with E-state index in [4.69, 9.17) is 16.6 Å². The molecule has 3 heterocycles. The molecule has 1 aromatic heterocycles. The van der Waals surface area contributed by atoms with Crippen LogP contribution in [0.3, 0.4) is 0 Å². The smallest absolute Gasteiger partial charge is 0.266 e. The predicted molar refractivity (Wildman–Crippen MR) is 102 cm³/mol. The molecule has 1 N–H and O–H groups in total. The Morgan fingerprint density at radius 3 is 2.96 bits per heavy atom. The highest BCUT2D eigenvalue weighted by Gasteiger charge is 2.33. The summed E-state index contributed by atoms with van der Waals surface area (Å²) in [4.78, 5) is 39.5. The van der Waals surface area contributed by atoms with Crippen molar-refractivity contribution in [3.63, 3.8) is 0 Å². The van der Waals surface area contributed by atoms with Crippen molar-refractivity contribution in [2.24, 2.45) is 0 Å². The Balaban J connectivity index is 1.44. The fraction of sp³-hybridized carbons (Fsp3) is 0.412. The van der Waals surface area contributed by atoms with E-state index in [1.54, 1.807) is 18.2 Å². The first-order valence-corrected chi connectivity index (χ1v) is 9.60. The third kappa shape index (κ3) is 4.53. The third-order valence-electron chi connectivity index (χ3n) is 4.09. The number of likely N-dealkylation sites (tertiary alicyclic amines) is 1. The summed E-state index contributed by atoms with van der Waals surface area (Å²) in [5.74, 6) is 0.172. The normalized spacial score (nSPS) is 19.1. The lowest BCUT2D eigenvalue weighted by molar-refractivity contribution is -0.129. The van der Waals surface area contributed by atoms with Crippen LogP contribution in [0.1, 0.15) is 25.0 Å². The molecule has 0 saturated carbocycles. The zero-order valence-corrected chi connectivity index (χ0v) is 15.7. The number of thioether (sulfide) groups is 1. The predicted octanol–water partition coefficient (Wildman–Crippen LogP) is 1.61. The van der Waals surface area contributed by atoms with Crippen LogP contribution in [-0.2, 0) is 14.4 Å². The molecular weight excluding hydrogens is 374 g/mol. The van der Waals surface area contributed by atoms with E-state index in [9.17, 15) is 14.4 Å². The van der Waals surface area contributed by atoms with Crippen molar-refractivity contribution in [2.45, 2.75) is 19.3 Å². The van der Waals surface area contributed by atoms with Gasteiger partial charge in [-0.1, -0.05) is 24.0 Å². The number of furan rings is 1. The molecule has 0 aliphatic carbocycles. The summed E-state index contributed by atoms with van der Waals surface area (Å²) in [6.45, 7) is 1.79. The van der Waals surface area contributed by atoms with Crippen LogP contribution in [0.25, 0.3) is 6.08 Å². The van der Waals surface area contributed by atoms with Crippen LogP contribution in [0.15, 0.2) is 27.7 Å². The van der Waals surface area contributed by atoms with Gasteiger partial charge in [0.2, 0.25) is 11.8 Å². The van der Waals surface area contributed by atoms with Crippen LogP contribution in [0.4, 0.5) is 0 Å². The Morgan fingerprint density at radius 2 is 2.27 bits per heavy atom. The number of hydrogen-bond acceptors (Lipinski definition) is 6. The topological polar surface area (TPSA) is 82.9 Å². The summed E-state index contributed by atoms with van der Waals surface area (Å²) < 4.78 is 5.55. The molecule has 2 aliphatic heterocycles. The molecule has 0 bridgehead atoms. The quantitative estimate of drug-likeness (QED) is 0.431. The zero-order chi connectivity index (χ0) is 18.5. The number of nitrogens with one attached hydrogen (secondary N) is 1. The lowest BCUT2D eigenvalue weighted by Gasteiger charge is -2.16. The van der Waals surface area contributed by atoms with E-state index in [1.165, 1.54) is 11.2 Å². The standard InChI is InChI=1S/C17H19N3O4S2/c21-14(18-6-3-8-19-7-1-5-15(19)22)11-20-16(23)13(26-17(20)25)10-12-4-2-9-24-12/h2,4,9-10H,1,3,5-8,11H2,(H,18,21)/b13-10-. The molecule has 26 heavy (non-hydrogen) atoms. The number of thiocarbonyl (C=S) groups is 1. The van der Waals surface area contributed by atoms with Gasteiger partial charge in [0.05, 0.1) is 11.2 Å². The second kappa shape index (κ2) is 8.50. The van der Waals surface area contributed by atoms with Crippen LogP contribution >= 0.6 is 24.0 Å². The average Bonchev–Trinajstić information content (AvgIpc) is 3.32. The molecule has 3 amide bonds. The molecule has 2 aliphatic rings. The van der Waals surface area contributed by atoms with E-state index in [0.29, 0.717) is 40.9 Å². The van der Waals surface area contributed by atoms with Gasteiger partial charge in [-0.15, -0.1) is 0 Å². The highest BCUT2D eigenvalue weighted by Crippen LogP contribution is 2.32. The maximum absolute atomic E-state index is 12.4. The number of carbonyl (C=O) groups is 3. The molecule has 2 fully saturated rings. The van der Waals surface area contributed by atoms with Gasteiger partial charge >= 0.3 is 0 Å². The van der Waals surface area contributed by atoms with Crippen molar-refractivity contribution < 1.29 is 18.8 Å². The van der Waals surface area contributed by atoms with Gasteiger partial charge in [-0.3, -0.25) is 19.3 Å². The molecule has 1 aromatic rings. The Kier molecular flexibility index (Phi) is 6.10. The van der Waals surface area contributed by atoms with E-state index in [-0.39, 0.29) is 24.3 Å². The van der Waals surface area contributed by atoms with E-state index < -0.39 is 0 Å². The van der Waals surface area contributed by atoms with Crippen molar-refractivity contribution in [3.8, 4) is 0 Å². The number of carbonyl (C=O) groups excluding carboxylic acids is 3. The molecule has 2 saturated heterocycles. The van der Waals surface area contributed by atoms with Gasteiger partial charge in [0.15, 0.2) is 0 Å². The number of amides is 3. The van der Waals surface area contributed by atoms with E-state index in [0.717, 1.165) is 24.7 Å². The minimum absolute atomic E-state index is 0.108. The first-order chi connectivity index (χ1) is 12.5. The molecule has 7 nitrogen and oxygen atoms in total. The van der Waals surface area contributed by atoms with Gasteiger partial charge in [-0.2, -0.15) is 0 Å². The second-order valence-corrected chi connectivity index (χ2v) is 7.65. The second-order valence-electron chi connectivity index (χ2n) is 5.97. The Bertz CT molecular complexity index is 745. The summed E-state index contributed by atoms with van der Waals surface area (Å²) in [6, 6.07) is 3.47. The fourth-order valence-electron chi connectivity index (χ4n) is 2.78. The van der Waals surface area contributed by atoms with Gasteiger partial charge in [0.1, 0.15) is 16.6 Å². The van der Waals surface area contributed by atoms with Crippen LogP contribution < -0.4 is 5.32 Å². The SMILES string of the molecule is O=C(CN1C(=O)/C(=C/c2ccco2)SC1=S)NCCCN1CCCC1=O. The molecule has 138 valence electrons. The van der Waals surface area contributed by atoms with Crippen LogP contribution in [0, 0.1) is 0 Å². The monoisotopic (exact) mass is 393 g/mol. The highest BCUT2D eigenvalue weighted by molar-refractivity contribution is 8.26. The number of nitrogens with zero attached hydrogens (tertiary/aromatic N) is 2. The minimum Gasteiger partial charge on any atom is -0.465 e. The summed E-state index contributed by atoms with van der Waals surface area (Å²) in [6.07, 6.45) is 5.35. The maximum Gasteiger partial charge on any atom is 0.266 e. The molecule has 3 rings (SSSR count). The van der Waals surface area contributed by atoms with Crippen LogP contribution in [0.5, 0.6) is 0 Å². The molecule has 0 radical (unpaired) electrons. The highest BCUT2D eigenvalue weighted by atomic mass is 32.2. The summed E-state index contributed by atoms with van der Waals surface area (Å²) >= 11 is 6.35. The summed E-state index contributed by atoms with van der Waals surface area (Å²) in [5, 5.41) is 2.77. The lowest BCUT2D eigenvalue weighted by Crippen LogP contribution is -2.40. The molecule has 9 heteroatoms. The van der Waals surface area contributed by atoms with Gasteiger partial charge in [-0.05, 0) is 25.0 Å². The Hall–Kier alpha value is -2.13. The largest absolute Gasteiger partial charge is 0.465 e. The van der Waals surface area contributed by atoms with Crippen molar-refractivity contribution in [3.05, 3.63) is 29.1 Å².